The summed E-state index contributed by atoms with van der Waals surface area (Å²) >= 11 is 0. The fourth-order valence-corrected chi connectivity index (χ4v) is 1.88. The van der Waals surface area contributed by atoms with Crippen molar-refractivity contribution >= 4 is 17.5 Å². The molecule has 0 unspecified atom stereocenters. The van der Waals surface area contributed by atoms with Crippen molar-refractivity contribution in [3.05, 3.63) is 47.3 Å². The fraction of sp³-hybridized carbons (Fsp3) is 0.214. The maximum atomic E-state index is 12.2. The number of carbonyl (C=O) groups is 2. The van der Waals surface area contributed by atoms with Crippen LogP contribution in [0, 0.1) is 6.92 Å². The molecular formula is C14H16N4O2. The van der Waals surface area contributed by atoms with Crippen LogP contribution in [0.15, 0.2) is 30.5 Å². The van der Waals surface area contributed by atoms with Crippen LogP contribution in [-0.4, -0.2) is 28.6 Å². The maximum absolute atomic E-state index is 12.2. The number of nitrogens with zero attached hydrogens (tertiary/aromatic N) is 2. The number of anilines is 1. The van der Waals surface area contributed by atoms with Crippen LogP contribution in [0.4, 0.5) is 5.69 Å². The molecule has 0 aliphatic rings. The van der Waals surface area contributed by atoms with E-state index in [0.29, 0.717) is 11.3 Å². The molecule has 2 rings (SSSR count). The number of aromatic nitrogens is 2. The topological polar surface area (TPSA) is 76.0 Å². The number of carbonyl (C=O) groups excluding carboxylic acids is 2. The highest BCUT2D eigenvalue weighted by Crippen LogP contribution is 2.16. The quantitative estimate of drug-likeness (QED) is 0.885. The first-order chi connectivity index (χ1) is 9.52. The maximum Gasteiger partial charge on any atom is 0.273 e. The van der Waals surface area contributed by atoms with Crippen molar-refractivity contribution in [1.82, 2.24) is 15.1 Å². The number of rotatable bonds is 3. The van der Waals surface area contributed by atoms with E-state index in [9.17, 15) is 9.59 Å². The van der Waals surface area contributed by atoms with Gasteiger partial charge in [-0.2, -0.15) is 5.10 Å². The van der Waals surface area contributed by atoms with Gasteiger partial charge in [0.25, 0.3) is 11.8 Å². The zero-order valence-electron chi connectivity index (χ0n) is 11.6. The standard InChI is InChI=1S/C14H16N4O2/c1-9-6-4-5-7-10(9)13(19)16-11-8-18(3)17-12(11)14(20)15-2/h4-8H,1-3H3,(H,15,20)(H,16,19). The van der Waals surface area contributed by atoms with Crippen molar-refractivity contribution in [2.75, 3.05) is 12.4 Å². The number of aryl methyl sites for hydroxylation is 2. The molecule has 0 aliphatic heterocycles. The Bertz CT molecular complexity index is 661. The Labute approximate surface area is 116 Å². The number of nitrogens with one attached hydrogen (secondary N) is 2. The second kappa shape index (κ2) is 5.56. The Morgan fingerprint density at radius 3 is 2.55 bits per heavy atom. The van der Waals surface area contributed by atoms with Crippen molar-refractivity contribution in [2.45, 2.75) is 6.92 Å². The van der Waals surface area contributed by atoms with Gasteiger partial charge in [-0.05, 0) is 18.6 Å². The van der Waals surface area contributed by atoms with Crippen molar-refractivity contribution in [3.8, 4) is 0 Å². The molecule has 0 atom stereocenters. The Hall–Kier alpha value is -2.63. The highest BCUT2D eigenvalue weighted by molar-refractivity contribution is 6.08. The summed E-state index contributed by atoms with van der Waals surface area (Å²) in [4.78, 5) is 23.9. The van der Waals surface area contributed by atoms with Crippen LogP contribution in [0.2, 0.25) is 0 Å². The van der Waals surface area contributed by atoms with Crippen LogP contribution in [0.3, 0.4) is 0 Å². The normalized spacial score (nSPS) is 10.2. The Morgan fingerprint density at radius 1 is 1.20 bits per heavy atom. The van der Waals surface area contributed by atoms with E-state index in [1.54, 1.807) is 25.4 Å². The molecule has 2 N–H and O–H groups in total. The molecule has 20 heavy (non-hydrogen) atoms. The summed E-state index contributed by atoms with van der Waals surface area (Å²) in [6.07, 6.45) is 1.60. The van der Waals surface area contributed by atoms with Gasteiger partial charge in [-0.3, -0.25) is 14.3 Å². The number of hydrogen-bond donors (Lipinski definition) is 2. The van der Waals surface area contributed by atoms with Crippen molar-refractivity contribution in [2.24, 2.45) is 7.05 Å². The van der Waals surface area contributed by atoms with E-state index >= 15 is 0 Å². The highest BCUT2D eigenvalue weighted by Gasteiger charge is 2.18. The third-order valence-electron chi connectivity index (χ3n) is 2.91. The lowest BCUT2D eigenvalue weighted by atomic mass is 10.1. The Kier molecular flexibility index (Phi) is 3.84. The molecule has 0 saturated carbocycles. The van der Waals surface area contributed by atoms with E-state index < -0.39 is 0 Å². The van der Waals surface area contributed by atoms with Crippen LogP contribution < -0.4 is 10.6 Å². The van der Waals surface area contributed by atoms with Gasteiger partial charge < -0.3 is 10.6 Å². The number of amides is 2. The van der Waals surface area contributed by atoms with Crippen LogP contribution in [0.5, 0.6) is 0 Å². The SMILES string of the molecule is CNC(=O)c1nn(C)cc1NC(=O)c1ccccc1C. The van der Waals surface area contributed by atoms with Gasteiger partial charge >= 0.3 is 0 Å². The summed E-state index contributed by atoms with van der Waals surface area (Å²) in [5, 5.41) is 9.25. The van der Waals surface area contributed by atoms with Crippen LogP contribution in [0.25, 0.3) is 0 Å². The number of hydrogen-bond acceptors (Lipinski definition) is 3. The van der Waals surface area contributed by atoms with Crippen LogP contribution >= 0.6 is 0 Å². The highest BCUT2D eigenvalue weighted by atomic mass is 16.2. The van der Waals surface area contributed by atoms with E-state index in [1.165, 1.54) is 11.7 Å². The van der Waals surface area contributed by atoms with Crippen LogP contribution in [-0.2, 0) is 7.05 Å². The first-order valence-corrected chi connectivity index (χ1v) is 6.15. The van der Waals surface area contributed by atoms with Gasteiger partial charge in [0.15, 0.2) is 5.69 Å². The van der Waals surface area contributed by atoms with Gasteiger partial charge in [0.2, 0.25) is 0 Å². The molecule has 6 nitrogen and oxygen atoms in total. The van der Waals surface area contributed by atoms with Gasteiger partial charge in [-0.15, -0.1) is 0 Å². The van der Waals surface area contributed by atoms with Crippen LogP contribution in [0.1, 0.15) is 26.4 Å². The molecule has 0 fully saturated rings. The van der Waals surface area contributed by atoms with Gasteiger partial charge in [-0.25, -0.2) is 0 Å². The zero-order valence-corrected chi connectivity index (χ0v) is 11.6. The van der Waals surface area contributed by atoms with Gasteiger partial charge in [0, 0.05) is 25.9 Å². The lowest BCUT2D eigenvalue weighted by Gasteiger charge is -2.06. The molecule has 0 saturated heterocycles. The minimum absolute atomic E-state index is 0.192. The summed E-state index contributed by atoms with van der Waals surface area (Å²) in [6, 6.07) is 7.26. The first kappa shape index (κ1) is 13.8. The molecule has 1 aromatic carbocycles. The molecular weight excluding hydrogens is 256 g/mol. The molecule has 0 radical (unpaired) electrons. The molecule has 6 heteroatoms. The minimum atomic E-state index is -0.342. The molecule has 1 heterocycles. The predicted molar refractivity (Wildman–Crippen MR) is 75.7 cm³/mol. The number of benzene rings is 1. The van der Waals surface area contributed by atoms with E-state index in [0.717, 1.165) is 5.56 Å². The van der Waals surface area contributed by atoms with Crippen molar-refractivity contribution in [1.29, 1.82) is 0 Å². The van der Waals surface area contributed by atoms with Gasteiger partial charge in [0.05, 0.1) is 5.69 Å². The van der Waals surface area contributed by atoms with E-state index in [2.05, 4.69) is 15.7 Å². The first-order valence-electron chi connectivity index (χ1n) is 6.15. The molecule has 2 amide bonds. The predicted octanol–water partition coefficient (Wildman–Crippen LogP) is 1.34. The fourth-order valence-electron chi connectivity index (χ4n) is 1.88. The third-order valence-corrected chi connectivity index (χ3v) is 2.91. The third kappa shape index (κ3) is 2.69. The Balaban J connectivity index is 2.29. The van der Waals surface area contributed by atoms with E-state index in [1.807, 2.05) is 19.1 Å². The summed E-state index contributed by atoms with van der Waals surface area (Å²) in [6.45, 7) is 1.86. The molecule has 2 aromatic rings. The average Bonchev–Trinajstić information content (AvgIpc) is 2.79. The smallest absolute Gasteiger partial charge is 0.273 e. The van der Waals surface area contributed by atoms with Gasteiger partial charge in [-0.1, -0.05) is 18.2 Å². The average molecular weight is 272 g/mol. The molecule has 0 bridgehead atoms. The Morgan fingerprint density at radius 2 is 1.90 bits per heavy atom. The second-order valence-corrected chi connectivity index (χ2v) is 4.41. The van der Waals surface area contributed by atoms with E-state index in [-0.39, 0.29) is 17.5 Å². The molecule has 104 valence electrons. The summed E-state index contributed by atoms with van der Waals surface area (Å²) in [5.41, 5.74) is 2.02. The summed E-state index contributed by atoms with van der Waals surface area (Å²) in [5.74, 6) is -0.605. The molecule has 1 aromatic heterocycles. The lowest BCUT2D eigenvalue weighted by Crippen LogP contribution is -2.21. The zero-order chi connectivity index (χ0) is 14.7. The molecule has 0 spiro atoms. The molecule has 0 aliphatic carbocycles. The van der Waals surface area contributed by atoms with Crippen molar-refractivity contribution < 1.29 is 9.59 Å². The summed E-state index contributed by atoms with van der Waals surface area (Å²) < 4.78 is 1.48. The van der Waals surface area contributed by atoms with E-state index in [4.69, 9.17) is 0 Å². The lowest BCUT2D eigenvalue weighted by molar-refractivity contribution is 0.0958. The minimum Gasteiger partial charge on any atom is -0.354 e. The summed E-state index contributed by atoms with van der Waals surface area (Å²) in [7, 11) is 3.21. The van der Waals surface area contributed by atoms with Gasteiger partial charge in [0.1, 0.15) is 0 Å². The second-order valence-electron chi connectivity index (χ2n) is 4.41. The largest absolute Gasteiger partial charge is 0.354 e. The van der Waals surface area contributed by atoms with Crippen molar-refractivity contribution in [3.63, 3.8) is 0 Å². The monoisotopic (exact) mass is 272 g/mol.